The molecule has 0 aliphatic heterocycles. The molecule has 0 saturated heterocycles. The van der Waals surface area contributed by atoms with Crippen molar-refractivity contribution in [3.8, 4) is 23.0 Å². The Morgan fingerprint density at radius 3 is 2.26 bits per heavy atom. The monoisotopic (exact) mass is 469 g/mol. The Kier molecular flexibility index (Phi) is 6.78. The highest BCUT2D eigenvalue weighted by Crippen LogP contribution is 2.38. The van der Waals surface area contributed by atoms with Crippen LogP contribution >= 0.6 is 0 Å². The fourth-order valence-electron chi connectivity index (χ4n) is 3.61. The zero-order valence-electron chi connectivity index (χ0n) is 19.4. The van der Waals surface area contributed by atoms with Crippen LogP contribution in [0.5, 0.6) is 23.0 Å². The highest BCUT2D eigenvalue weighted by molar-refractivity contribution is 6.11. The number of hydrogen-bond donors (Lipinski definition) is 1. The SMILES string of the molecule is COc1cc2nccc(Oc3cc(C=C(C)C(=O)O)ccc3C(=O)c3ccccc3)c2cc1OC. The first-order valence-electron chi connectivity index (χ1n) is 10.7. The van der Waals surface area contributed by atoms with Gasteiger partial charge in [-0.3, -0.25) is 9.78 Å². The number of benzene rings is 3. The number of pyridine rings is 1. The third-order valence-corrected chi connectivity index (χ3v) is 5.43. The Morgan fingerprint density at radius 2 is 1.57 bits per heavy atom. The van der Waals surface area contributed by atoms with E-state index >= 15 is 0 Å². The molecule has 176 valence electrons. The van der Waals surface area contributed by atoms with Crippen LogP contribution in [0.4, 0.5) is 0 Å². The number of aromatic nitrogens is 1. The van der Waals surface area contributed by atoms with E-state index in [1.165, 1.54) is 20.1 Å². The number of carboxylic acids is 1. The normalized spacial score (nSPS) is 11.2. The molecule has 1 aromatic heterocycles. The number of carbonyl (C=O) groups excluding carboxylic acids is 1. The highest BCUT2D eigenvalue weighted by Gasteiger charge is 2.18. The number of fused-ring (bicyclic) bond motifs is 1. The van der Waals surface area contributed by atoms with Crippen LogP contribution in [0.2, 0.25) is 0 Å². The van der Waals surface area contributed by atoms with Gasteiger partial charge in [0, 0.05) is 28.8 Å². The summed E-state index contributed by atoms with van der Waals surface area (Å²) in [6.07, 6.45) is 3.12. The van der Waals surface area contributed by atoms with Crippen molar-refractivity contribution in [1.29, 1.82) is 0 Å². The van der Waals surface area contributed by atoms with Crippen LogP contribution in [0, 0.1) is 0 Å². The highest BCUT2D eigenvalue weighted by atomic mass is 16.5. The molecule has 0 spiro atoms. The van der Waals surface area contributed by atoms with Crippen molar-refractivity contribution in [2.75, 3.05) is 14.2 Å². The Bertz CT molecular complexity index is 1440. The zero-order chi connectivity index (χ0) is 24.9. The van der Waals surface area contributed by atoms with Gasteiger partial charge in [-0.2, -0.15) is 0 Å². The van der Waals surface area contributed by atoms with E-state index in [0.29, 0.717) is 44.8 Å². The maximum atomic E-state index is 13.3. The molecule has 0 aliphatic rings. The zero-order valence-corrected chi connectivity index (χ0v) is 19.4. The maximum Gasteiger partial charge on any atom is 0.331 e. The van der Waals surface area contributed by atoms with Gasteiger partial charge in [-0.15, -0.1) is 0 Å². The van der Waals surface area contributed by atoms with Crippen LogP contribution in [0.3, 0.4) is 0 Å². The third-order valence-electron chi connectivity index (χ3n) is 5.43. The average Bonchev–Trinajstić information content (AvgIpc) is 2.88. The quantitative estimate of drug-likeness (QED) is 0.259. The number of rotatable bonds is 8. The van der Waals surface area contributed by atoms with Crippen molar-refractivity contribution in [2.45, 2.75) is 6.92 Å². The van der Waals surface area contributed by atoms with E-state index < -0.39 is 5.97 Å². The van der Waals surface area contributed by atoms with Gasteiger partial charge < -0.3 is 19.3 Å². The predicted octanol–water partition coefficient (Wildman–Crippen LogP) is 5.76. The van der Waals surface area contributed by atoms with Gasteiger partial charge in [-0.1, -0.05) is 36.4 Å². The second kappa shape index (κ2) is 10.1. The number of ether oxygens (including phenoxy) is 3. The van der Waals surface area contributed by atoms with Gasteiger partial charge >= 0.3 is 5.97 Å². The lowest BCUT2D eigenvalue weighted by Gasteiger charge is -2.15. The molecule has 3 aromatic carbocycles. The average molecular weight is 469 g/mol. The molecular formula is C28H23NO6. The van der Waals surface area contributed by atoms with Gasteiger partial charge in [0.05, 0.1) is 25.3 Å². The molecule has 0 unspecified atom stereocenters. The van der Waals surface area contributed by atoms with E-state index in [1.807, 2.05) is 6.07 Å². The topological polar surface area (TPSA) is 95.0 Å². The fourth-order valence-corrected chi connectivity index (χ4v) is 3.61. The van der Waals surface area contributed by atoms with Crippen molar-refractivity contribution in [1.82, 2.24) is 4.98 Å². The Hall–Kier alpha value is -4.65. The van der Waals surface area contributed by atoms with E-state index in [4.69, 9.17) is 14.2 Å². The molecule has 7 nitrogen and oxygen atoms in total. The third kappa shape index (κ3) is 4.99. The summed E-state index contributed by atoms with van der Waals surface area (Å²) < 4.78 is 17.1. The van der Waals surface area contributed by atoms with E-state index in [-0.39, 0.29) is 17.1 Å². The van der Waals surface area contributed by atoms with E-state index in [0.717, 1.165) is 0 Å². The van der Waals surface area contributed by atoms with E-state index in [1.54, 1.807) is 74.0 Å². The standard InChI is InChI=1S/C28H23NO6/c1-17(28(31)32)13-18-9-10-20(27(30)19-7-5-4-6-8-19)24(14-18)35-23-11-12-29-22-16-26(34-3)25(33-2)15-21(22)23/h4-16H,1-3H3,(H,31,32). The largest absolute Gasteiger partial charge is 0.493 e. The molecule has 4 aromatic rings. The molecule has 0 bridgehead atoms. The molecule has 7 heteroatoms. The molecule has 0 aliphatic carbocycles. The van der Waals surface area contributed by atoms with Crippen molar-refractivity contribution < 1.29 is 28.9 Å². The minimum absolute atomic E-state index is 0.157. The molecule has 1 N–H and O–H groups in total. The van der Waals surface area contributed by atoms with Crippen molar-refractivity contribution in [3.05, 3.63) is 95.2 Å². The molecule has 35 heavy (non-hydrogen) atoms. The predicted molar refractivity (Wildman–Crippen MR) is 133 cm³/mol. The van der Waals surface area contributed by atoms with Crippen LogP contribution in [-0.4, -0.2) is 36.1 Å². The van der Waals surface area contributed by atoms with Gasteiger partial charge in [0.2, 0.25) is 0 Å². The number of carboxylic acid groups (broad SMARTS) is 1. The fraction of sp³-hybridized carbons (Fsp3) is 0.107. The lowest BCUT2D eigenvalue weighted by molar-refractivity contribution is -0.132. The van der Waals surface area contributed by atoms with Crippen LogP contribution < -0.4 is 14.2 Å². The van der Waals surface area contributed by atoms with Gasteiger partial charge in [0.1, 0.15) is 11.5 Å². The van der Waals surface area contributed by atoms with E-state index in [2.05, 4.69) is 4.98 Å². The molecule has 0 atom stereocenters. The summed E-state index contributed by atoms with van der Waals surface area (Å²) in [6.45, 7) is 1.50. The smallest absolute Gasteiger partial charge is 0.331 e. The Labute approximate surface area is 202 Å². The van der Waals surface area contributed by atoms with Crippen molar-refractivity contribution >= 4 is 28.7 Å². The maximum absolute atomic E-state index is 13.3. The van der Waals surface area contributed by atoms with Gasteiger partial charge in [0.15, 0.2) is 17.3 Å². The lowest BCUT2D eigenvalue weighted by atomic mass is 10.00. The summed E-state index contributed by atoms with van der Waals surface area (Å²) in [7, 11) is 3.08. The number of hydrogen-bond acceptors (Lipinski definition) is 6. The molecule has 1 heterocycles. The summed E-state index contributed by atoms with van der Waals surface area (Å²) in [4.78, 5) is 29.0. The lowest BCUT2D eigenvalue weighted by Crippen LogP contribution is -2.04. The summed E-state index contributed by atoms with van der Waals surface area (Å²) >= 11 is 0. The molecule has 4 rings (SSSR count). The van der Waals surface area contributed by atoms with Gasteiger partial charge in [0.25, 0.3) is 0 Å². The first kappa shape index (κ1) is 23.5. The molecule has 0 radical (unpaired) electrons. The number of ketones is 1. The first-order chi connectivity index (χ1) is 16.9. The van der Waals surface area contributed by atoms with Crippen LogP contribution in [0.1, 0.15) is 28.4 Å². The van der Waals surface area contributed by atoms with Gasteiger partial charge in [-0.25, -0.2) is 4.79 Å². The van der Waals surface area contributed by atoms with Crippen LogP contribution in [0.25, 0.3) is 17.0 Å². The van der Waals surface area contributed by atoms with Crippen molar-refractivity contribution in [3.63, 3.8) is 0 Å². The summed E-state index contributed by atoms with van der Waals surface area (Å²) in [6, 6.07) is 19.0. The second-order valence-corrected chi connectivity index (χ2v) is 7.72. The first-order valence-corrected chi connectivity index (χ1v) is 10.7. The molecule has 0 fully saturated rings. The number of nitrogens with zero attached hydrogens (tertiary/aromatic N) is 1. The summed E-state index contributed by atoms with van der Waals surface area (Å²) in [5.41, 5.74) is 2.21. The molecule has 0 amide bonds. The number of aliphatic carboxylic acids is 1. The number of methoxy groups -OCH3 is 2. The van der Waals surface area contributed by atoms with Gasteiger partial charge in [-0.05, 0) is 42.8 Å². The Balaban J connectivity index is 1.86. The number of carbonyl (C=O) groups is 2. The second-order valence-electron chi connectivity index (χ2n) is 7.72. The minimum atomic E-state index is -1.03. The minimum Gasteiger partial charge on any atom is -0.493 e. The van der Waals surface area contributed by atoms with Crippen LogP contribution in [0.15, 0.2) is 78.5 Å². The van der Waals surface area contributed by atoms with E-state index in [9.17, 15) is 14.7 Å². The molecule has 0 saturated carbocycles. The summed E-state index contributed by atoms with van der Waals surface area (Å²) in [5.74, 6) is 0.525. The summed E-state index contributed by atoms with van der Waals surface area (Å²) in [5, 5.41) is 9.93. The molecular weight excluding hydrogens is 446 g/mol. The van der Waals surface area contributed by atoms with Crippen LogP contribution in [-0.2, 0) is 4.79 Å². The Morgan fingerprint density at radius 1 is 0.857 bits per heavy atom. The van der Waals surface area contributed by atoms with Crippen molar-refractivity contribution in [2.24, 2.45) is 0 Å².